The second-order valence-corrected chi connectivity index (χ2v) is 4.38. The number of hydrogen-bond acceptors (Lipinski definition) is 1. The first-order valence-electron chi connectivity index (χ1n) is 5.47. The van der Waals surface area contributed by atoms with Crippen molar-refractivity contribution in [3.63, 3.8) is 0 Å². The molecule has 0 saturated heterocycles. The third-order valence-corrected chi connectivity index (χ3v) is 2.66. The zero-order valence-electron chi connectivity index (χ0n) is 9.83. The molecule has 1 aliphatic carbocycles. The summed E-state index contributed by atoms with van der Waals surface area (Å²) < 4.78 is 13.0. The van der Waals surface area contributed by atoms with Gasteiger partial charge in [-0.25, -0.2) is 4.39 Å². The van der Waals surface area contributed by atoms with E-state index in [1.165, 1.54) is 5.57 Å². The van der Waals surface area contributed by atoms with E-state index >= 15 is 0 Å². The minimum atomic E-state index is -0.0546. The highest BCUT2D eigenvalue weighted by Crippen LogP contribution is 2.20. The quantitative estimate of drug-likeness (QED) is 0.686. The van der Waals surface area contributed by atoms with Gasteiger partial charge in [-0.1, -0.05) is 25.2 Å². The Bertz CT molecular complexity index is 287. The smallest absolute Gasteiger partial charge is 0.104 e. The van der Waals surface area contributed by atoms with Crippen LogP contribution in [0.25, 0.3) is 0 Å². The van der Waals surface area contributed by atoms with Crippen LogP contribution in [0.15, 0.2) is 35.7 Å². The summed E-state index contributed by atoms with van der Waals surface area (Å²) in [5.74, 6) is 0.437. The zero-order chi connectivity index (χ0) is 11.3. The van der Waals surface area contributed by atoms with Crippen LogP contribution in [0, 0.1) is 5.92 Å². The van der Waals surface area contributed by atoms with Gasteiger partial charge in [0.05, 0.1) is 0 Å². The fraction of sp³-hybridized carbons (Fsp3) is 0.538. The molecule has 0 amide bonds. The standard InChI is InChI=1S/C13H20FN/c1-11(9-10-15(2)3)12-5-4-6-13(14)8-7-12/h4-5,7-8,11H,6,9-10H2,1-3H3. The van der Waals surface area contributed by atoms with E-state index in [9.17, 15) is 4.39 Å². The van der Waals surface area contributed by atoms with Crippen molar-refractivity contribution in [3.8, 4) is 0 Å². The van der Waals surface area contributed by atoms with Gasteiger partial charge in [-0.2, -0.15) is 0 Å². The summed E-state index contributed by atoms with van der Waals surface area (Å²) in [7, 11) is 4.15. The highest BCUT2D eigenvalue weighted by atomic mass is 19.1. The van der Waals surface area contributed by atoms with Crippen molar-refractivity contribution in [2.45, 2.75) is 19.8 Å². The fourth-order valence-corrected chi connectivity index (χ4v) is 1.56. The Morgan fingerprint density at radius 1 is 1.40 bits per heavy atom. The third kappa shape index (κ3) is 4.43. The summed E-state index contributed by atoms with van der Waals surface area (Å²) >= 11 is 0. The zero-order valence-corrected chi connectivity index (χ0v) is 9.83. The molecule has 0 heterocycles. The van der Waals surface area contributed by atoms with E-state index in [2.05, 4.69) is 25.9 Å². The van der Waals surface area contributed by atoms with Crippen LogP contribution < -0.4 is 0 Å². The third-order valence-electron chi connectivity index (χ3n) is 2.66. The maximum Gasteiger partial charge on any atom is 0.104 e. The molecule has 1 atom stereocenters. The lowest BCUT2D eigenvalue weighted by Gasteiger charge is -2.15. The van der Waals surface area contributed by atoms with Crippen LogP contribution in [-0.2, 0) is 0 Å². The van der Waals surface area contributed by atoms with E-state index in [1.807, 2.05) is 18.2 Å². The second-order valence-electron chi connectivity index (χ2n) is 4.38. The average molecular weight is 209 g/mol. The first kappa shape index (κ1) is 12.2. The minimum Gasteiger partial charge on any atom is -0.309 e. The van der Waals surface area contributed by atoms with Crippen LogP contribution in [0.5, 0.6) is 0 Å². The van der Waals surface area contributed by atoms with E-state index in [-0.39, 0.29) is 5.83 Å². The predicted octanol–water partition coefficient (Wildman–Crippen LogP) is 3.31. The van der Waals surface area contributed by atoms with Gasteiger partial charge in [-0.3, -0.25) is 0 Å². The van der Waals surface area contributed by atoms with Gasteiger partial charge in [0.25, 0.3) is 0 Å². The Balaban J connectivity index is 2.55. The summed E-state index contributed by atoms with van der Waals surface area (Å²) in [6.45, 7) is 3.26. The molecule has 0 aromatic rings. The fourth-order valence-electron chi connectivity index (χ4n) is 1.56. The summed E-state index contributed by atoms with van der Waals surface area (Å²) in [5.41, 5.74) is 1.23. The van der Waals surface area contributed by atoms with E-state index in [0.717, 1.165) is 13.0 Å². The number of hydrogen-bond donors (Lipinski definition) is 0. The van der Waals surface area contributed by atoms with Crippen LogP contribution in [0.4, 0.5) is 4.39 Å². The van der Waals surface area contributed by atoms with Crippen LogP contribution in [-0.4, -0.2) is 25.5 Å². The number of nitrogens with zero attached hydrogens (tertiary/aromatic N) is 1. The van der Waals surface area contributed by atoms with Crippen LogP contribution in [0.3, 0.4) is 0 Å². The molecule has 1 nitrogen and oxygen atoms in total. The second kappa shape index (κ2) is 5.86. The molecule has 0 bridgehead atoms. The molecule has 15 heavy (non-hydrogen) atoms. The number of halogens is 1. The largest absolute Gasteiger partial charge is 0.309 e. The summed E-state index contributed by atoms with van der Waals surface area (Å²) in [6.07, 6.45) is 8.97. The molecule has 84 valence electrons. The highest BCUT2D eigenvalue weighted by Gasteiger charge is 2.07. The topological polar surface area (TPSA) is 3.24 Å². The van der Waals surface area contributed by atoms with Crippen molar-refractivity contribution in [1.29, 1.82) is 0 Å². The molecular formula is C13H20FN. The Morgan fingerprint density at radius 2 is 2.13 bits per heavy atom. The molecule has 0 N–H and O–H groups in total. The first-order chi connectivity index (χ1) is 7.09. The van der Waals surface area contributed by atoms with Crippen molar-refractivity contribution in [1.82, 2.24) is 4.90 Å². The number of rotatable bonds is 4. The van der Waals surface area contributed by atoms with Gasteiger partial charge in [0.2, 0.25) is 0 Å². The molecule has 0 fully saturated rings. The van der Waals surface area contributed by atoms with Gasteiger partial charge in [0, 0.05) is 6.42 Å². The van der Waals surface area contributed by atoms with Crippen molar-refractivity contribution in [3.05, 3.63) is 35.7 Å². The van der Waals surface area contributed by atoms with E-state index in [4.69, 9.17) is 0 Å². The number of allylic oxidation sites excluding steroid dienone is 6. The molecule has 0 spiro atoms. The average Bonchev–Trinajstić information content (AvgIpc) is 2.39. The van der Waals surface area contributed by atoms with Crippen molar-refractivity contribution >= 4 is 0 Å². The molecule has 0 radical (unpaired) electrons. The van der Waals surface area contributed by atoms with Crippen LogP contribution in [0.1, 0.15) is 19.8 Å². The predicted molar refractivity (Wildman–Crippen MR) is 63.4 cm³/mol. The van der Waals surface area contributed by atoms with E-state index in [0.29, 0.717) is 12.3 Å². The molecule has 0 saturated carbocycles. The summed E-state index contributed by atoms with van der Waals surface area (Å²) in [5, 5.41) is 0. The maximum atomic E-state index is 13.0. The van der Waals surface area contributed by atoms with Gasteiger partial charge >= 0.3 is 0 Å². The molecule has 1 unspecified atom stereocenters. The molecular weight excluding hydrogens is 189 g/mol. The molecule has 0 aromatic heterocycles. The minimum absolute atomic E-state index is 0.0546. The lowest BCUT2D eigenvalue weighted by Crippen LogP contribution is -2.16. The monoisotopic (exact) mass is 209 g/mol. The Kier molecular flexibility index (Phi) is 4.76. The Morgan fingerprint density at radius 3 is 2.80 bits per heavy atom. The highest BCUT2D eigenvalue weighted by molar-refractivity contribution is 5.30. The molecule has 2 heteroatoms. The summed E-state index contributed by atoms with van der Waals surface area (Å²) in [4.78, 5) is 2.17. The van der Waals surface area contributed by atoms with Crippen LogP contribution >= 0.6 is 0 Å². The van der Waals surface area contributed by atoms with Gasteiger partial charge in [0.15, 0.2) is 0 Å². The van der Waals surface area contributed by atoms with Crippen molar-refractivity contribution < 1.29 is 4.39 Å². The van der Waals surface area contributed by atoms with Gasteiger partial charge in [-0.15, -0.1) is 0 Å². The van der Waals surface area contributed by atoms with E-state index in [1.54, 1.807) is 6.08 Å². The lowest BCUT2D eigenvalue weighted by molar-refractivity contribution is 0.376. The van der Waals surface area contributed by atoms with Gasteiger partial charge in [0.1, 0.15) is 5.83 Å². The lowest BCUT2D eigenvalue weighted by atomic mass is 9.97. The van der Waals surface area contributed by atoms with Crippen molar-refractivity contribution in [2.75, 3.05) is 20.6 Å². The molecule has 1 aliphatic rings. The van der Waals surface area contributed by atoms with Gasteiger partial charge < -0.3 is 4.90 Å². The van der Waals surface area contributed by atoms with Crippen LogP contribution in [0.2, 0.25) is 0 Å². The maximum absolute atomic E-state index is 13.0. The van der Waals surface area contributed by atoms with Crippen molar-refractivity contribution in [2.24, 2.45) is 5.92 Å². The van der Waals surface area contributed by atoms with Gasteiger partial charge in [-0.05, 0) is 44.6 Å². The molecule has 0 aliphatic heterocycles. The summed E-state index contributed by atoms with van der Waals surface area (Å²) in [6, 6.07) is 0. The first-order valence-corrected chi connectivity index (χ1v) is 5.47. The molecule has 1 rings (SSSR count). The van der Waals surface area contributed by atoms with E-state index < -0.39 is 0 Å². The Labute approximate surface area is 92.0 Å². The Hall–Kier alpha value is -0.890. The normalized spacial score (nSPS) is 18.5. The SMILES string of the molecule is CC(CCN(C)C)C1=CC=C(F)CC=C1. The molecule has 0 aromatic carbocycles.